The molecule has 11 heteroatoms. The number of aromatic nitrogens is 8. The minimum absolute atomic E-state index is 0.112. The minimum atomic E-state index is 0.112. The highest BCUT2D eigenvalue weighted by Crippen LogP contribution is 2.30. The summed E-state index contributed by atoms with van der Waals surface area (Å²) < 4.78 is 1.36. The first-order valence-electron chi connectivity index (χ1n) is 7.84. The molecule has 3 aromatic heterocycles. The molecule has 0 unspecified atom stereocenters. The molecular formula is C16H13Cl2N9. The van der Waals surface area contributed by atoms with Crippen molar-refractivity contribution in [1.29, 1.82) is 0 Å². The van der Waals surface area contributed by atoms with Gasteiger partial charge >= 0.3 is 0 Å². The molecule has 0 aliphatic heterocycles. The third-order valence-corrected chi connectivity index (χ3v) is 4.27. The van der Waals surface area contributed by atoms with E-state index < -0.39 is 0 Å². The van der Waals surface area contributed by atoms with Gasteiger partial charge in [0.1, 0.15) is 5.69 Å². The fourth-order valence-electron chi connectivity index (χ4n) is 2.57. The van der Waals surface area contributed by atoms with Crippen LogP contribution < -0.4 is 5.73 Å². The molecule has 0 radical (unpaired) electrons. The van der Waals surface area contributed by atoms with Gasteiger partial charge in [0.2, 0.25) is 17.6 Å². The minimum Gasteiger partial charge on any atom is -0.368 e. The molecule has 9 nitrogen and oxygen atoms in total. The largest absolute Gasteiger partial charge is 0.368 e. The number of nitrogens with one attached hydrogen (secondary N) is 1. The van der Waals surface area contributed by atoms with Crippen LogP contribution in [0.15, 0.2) is 24.3 Å². The molecule has 4 rings (SSSR count). The predicted molar refractivity (Wildman–Crippen MR) is 102 cm³/mol. The molecule has 0 fully saturated rings. The van der Waals surface area contributed by atoms with E-state index in [1.807, 2.05) is 19.9 Å². The Morgan fingerprint density at radius 2 is 1.59 bits per heavy atom. The van der Waals surface area contributed by atoms with Gasteiger partial charge in [-0.1, -0.05) is 29.3 Å². The zero-order valence-corrected chi connectivity index (χ0v) is 15.8. The van der Waals surface area contributed by atoms with Gasteiger partial charge in [0.25, 0.3) is 0 Å². The zero-order valence-electron chi connectivity index (χ0n) is 14.3. The lowest BCUT2D eigenvalue weighted by molar-refractivity contribution is 0.890. The van der Waals surface area contributed by atoms with E-state index in [0.29, 0.717) is 33.2 Å². The van der Waals surface area contributed by atoms with Gasteiger partial charge < -0.3 is 5.73 Å². The van der Waals surface area contributed by atoms with E-state index in [9.17, 15) is 0 Å². The molecule has 4 aromatic rings. The molecule has 0 saturated carbocycles. The molecule has 0 amide bonds. The van der Waals surface area contributed by atoms with E-state index in [2.05, 4.69) is 35.2 Å². The van der Waals surface area contributed by atoms with Crippen LogP contribution in [-0.4, -0.2) is 39.9 Å². The summed E-state index contributed by atoms with van der Waals surface area (Å²) in [5, 5.41) is 12.1. The van der Waals surface area contributed by atoms with Gasteiger partial charge in [-0.05, 0) is 32.0 Å². The molecule has 0 atom stereocenters. The maximum atomic E-state index is 6.22. The van der Waals surface area contributed by atoms with E-state index in [4.69, 9.17) is 28.9 Å². The highest BCUT2D eigenvalue weighted by atomic mass is 35.5. The maximum absolute atomic E-state index is 6.22. The Hall–Kier alpha value is -3.04. The molecule has 0 saturated heterocycles. The van der Waals surface area contributed by atoms with E-state index in [-0.39, 0.29) is 11.8 Å². The van der Waals surface area contributed by atoms with Crippen molar-refractivity contribution in [1.82, 2.24) is 39.9 Å². The van der Waals surface area contributed by atoms with Crippen molar-refractivity contribution < 1.29 is 0 Å². The monoisotopic (exact) mass is 401 g/mol. The Morgan fingerprint density at radius 1 is 0.926 bits per heavy atom. The van der Waals surface area contributed by atoms with Crippen molar-refractivity contribution in [3.05, 3.63) is 45.7 Å². The summed E-state index contributed by atoms with van der Waals surface area (Å²) in [4.78, 5) is 17.3. The summed E-state index contributed by atoms with van der Waals surface area (Å²) >= 11 is 12.4. The standard InChI is InChI=1S/C16H13Cl2N9/c1-7-6-8(2)21-12(20-7)13-22-14(25-24-13)15-23-16(19)27(26-15)11-9(17)4-3-5-10(11)18/h3-6H,1-2H3,(H2,19,23,26)(H,22,24,25). The van der Waals surface area contributed by atoms with Crippen LogP contribution in [0.25, 0.3) is 29.0 Å². The molecule has 0 aliphatic rings. The average Bonchev–Trinajstić information content (AvgIpc) is 3.21. The highest BCUT2D eigenvalue weighted by molar-refractivity contribution is 6.37. The number of nitrogens with zero attached hydrogens (tertiary/aromatic N) is 7. The SMILES string of the molecule is Cc1cc(C)nc(-c2n[nH]c(-c3nc(N)n(-c4c(Cl)cccc4Cl)n3)n2)n1. The number of aromatic amines is 1. The van der Waals surface area contributed by atoms with E-state index in [0.717, 1.165) is 11.4 Å². The number of nitrogen functional groups attached to an aromatic ring is 1. The Kier molecular flexibility index (Phi) is 4.25. The average molecular weight is 402 g/mol. The molecule has 3 N–H and O–H groups in total. The van der Waals surface area contributed by atoms with E-state index in [1.165, 1.54) is 4.68 Å². The molecular weight excluding hydrogens is 389 g/mol. The smallest absolute Gasteiger partial charge is 0.224 e. The van der Waals surface area contributed by atoms with Crippen LogP contribution in [0, 0.1) is 13.8 Å². The lowest BCUT2D eigenvalue weighted by Crippen LogP contribution is -2.03. The topological polar surface area (TPSA) is 124 Å². The van der Waals surface area contributed by atoms with Crippen molar-refractivity contribution in [2.45, 2.75) is 13.8 Å². The number of aryl methyl sites for hydroxylation is 2. The van der Waals surface area contributed by atoms with Gasteiger partial charge in [0, 0.05) is 11.4 Å². The summed E-state index contributed by atoms with van der Waals surface area (Å²) in [6, 6.07) is 6.98. The highest BCUT2D eigenvalue weighted by Gasteiger charge is 2.19. The third kappa shape index (κ3) is 3.22. The third-order valence-electron chi connectivity index (χ3n) is 3.66. The summed E-state index contributed by atoms with van der Waals surface area (Å²) in [6.45, 7) is 3.76. The van der Waals surface area contributed by atoms with Crippen LogP contribution in [0.5, 0.6) is 0 Å². The number of benzene rings is 1. The van der Waals surface area contributed by atoms with Crippen molar-refractivity contribution in [3.63, 3.8) is 0 Å². The van der Waals surface area contributed by atoms with Crippen molar-refractivity contribution in [2.75, 3.05) is 5.73 Å². The number of rotatable bonds is 3. The quantitative estimate of drug-likeness (QED) is 0.540. The molecule has 136 valence electrons. The predicted octanol–water partition coefficient (Wildman–Crippen LogP) is 3.02. The number of para-hydroxylation sites is 1. The van der Waals surface area contributed by atoms with Gasteiger partial charge in [-0.3, -0.25) is 5.10 Å². The van der Waals surface area contributed by atoms with Crippen molar-refractivity contribution in [3.8, 4) is 29.0 Å². The van der Waals surface area contributed by atoms with Crippen LogP contribution in [0.1, 0.15) is 11.4 Å². The second-order valence-corrected chi connectivity index (χ2v) is 6.57. The summed E-state index contributed by atoms with van der Waals surface area (Å²) in [5.74, 6) is 1.42. The van der Waals surface area contributed by atoms with Crippen LogP contribution in [-0.2, 0) is 0 Å². The van der Waals surface area contributed by atoms with Gasteiger partial charge in [-0.25, -0.2) is 15.0 Å². The Morgan fingerprint density at radius 3 is 2.26 bits per heavy atom. The first kappa shape index (κ1) is 17.4. The fourth-order valence-corrected chi connectivity index (χ4v) is 3.13. The fraction of sp³-hybridized carbons (Fsp3) is 0.125. The first-order valence-corrected chi connectivity index (χ1v) is 8.60. The van der Waals surface area contributed by atoms with E-state index >= 15 is 0 Å². The Balaban J connectivity index is 1.75. The maximum Gasteiger partial charge on any atom is 0.224 e. The number of H-pyrrole nitrogens is 1. The number of hydrogen-bond acceptors (Lipinski definition) is 7. The summed E-state index contributed by atoms with van der Waals surface area (Å²) in [5.41, 5.74) is 8.08. The first-order chi connectivity index (χ1) is 12.9. The molecule has 0 aliphatic carbocycles. The van der Waals surface area contributed by atoms with Crippen LogP contribution in [0.2, 0.25) is 10.0 Å². The summed E-state index contributed by atoms with van der Waals surface area (Å²) in [6.07, 6.45) is 0. The van der Waals surface area contributed by atoms with Crippen LogP contribution in [0.3, 0.4) is 0 Å². The molecule has 0 spiro atoms. The molecule has 27 heavy (non-hydrogen) atoms. The van der Waals surface area contributed by atoms with E-state index in [1.54, 1.807) is 18.2 Å². The van der Waals surface area contributed by atoms with Gasteiger partial charge in [-0.2, -0.15) is 9.67 Å². The lowest BCUT2D eigenvalue weighted by atomic mass is 10.3. The van der Waals surface area contributed by atoms with Crippen LogP contribution >= 0.6 is 23.2 Å². The zero-order chi connectivity index (χ0) is 19.1. The normalized spacial score (nSPS) is 11.1. The number of halogens is 2. The lowest BCUT2D eigenvalue weighted by Gasteiger charge is -2.06. The molecule has 0 bridgehead atoms. The Labute approximate surface area is 163 Å². The second-order valence-electron chi connectivity index (χ2n) is 5.76. The van der Waals surface area contributed by atoms with Crippen molar-refractivity contribution >= 4 is 29.2 Å². The van der Waals surface area contributed by atoms with Crippen molar-refractivity contribution in [2.24, 2.45) is 0 Å². The number of hydrogen-bond donors (Lipinski definition) is 2. The number of nitrogens with two attached hydrogens (primary N) is 1. The molecule has 3 heterocycles. The van der Waals surface area contributed by atoms with Gasteiger partial charge in [0.15, 0.2) is 11.6 Å². The second kappa shape index (κ2) is 6.60. The van der Waals surface area contributed by atoms with Gasteiger partial charge in [0.05, 0.1) is 10.0 Å². The van der Waals surface area contributed by atoms with Gasteiger partial charge in [-0.15, -0.1) is 10.2 Å². The van der Waals surface area contributed by atoms with Crippen LogP contribution in [0.4, 0.5) is 5.95 Å². The Bertz CT molecular complexity index is 1110. The molecule has 1 aromatic carbocycles. The number of anilines is 1. The summed E-state index contributed by atoms with van der Waals surface area (Å²) in [7, 11) is 0.